The largest absolute Gasteiger partial charge is 0.472 e. The number of rotatable bonds is 68. The maximum absolute atomic E-state index is 13.6. The summed E-state index contributed by atoms with van der Waals surface area (Å²) >= 11 is 0. The Balaban J connectivity index is 5.02. The summed E-state index contributed by atoms with van der Waals surface area (Å²) in [6, 6.07) is -0.851. The van der Waals surface area contributed by atoms with Crippen molar-refractivity contribution in [1.82, 2.24) is 5.32 Å². The minimum absolute atomic E-state index is 0.0400. The van der Waals surface area contributed by atoms with E-state index in [4.69, 9.17) is 13.8 Å². The number of phosphoric acid groups is 1. The van der Waals surface area contributed by atoms with Gasteiger partial charge in [0.25, 0.3) is 0 Å². The van der Waals surface area contributed by atoms with Crippen molar-refractivity contribution >= 4 is 19.7 Å². The Morgan fingerprint density at radius 1 is 0.407 bits per heavy atom. The minimum atomic E-state index is -4.46. The quantitative estimate of drug-likeness (QED) is 0.0205. The van der Waals surface area contributed by atoms with Crippen molar-refractivity contribution in [2.45, 2.75) is 373 Å². The summed E-state index contributed by atoms with van der Waals surface area (Å²) in [6.45, 7) is 7.03. The lowest BCUT2D eigenvalue weighted by atomic mass is 10.0. The topological polar surface area (TPSA) is 111 Å². The third-order valence-electron chi connectivity index (χ3n) is 16.7. The van der Waals surface area contributed by atoms with E-state index in [0.29, 0.717) is 17.4 Å². The number of carbonyl (C=O) groups is 2. The van der Waals surface area contributed by atoms with Gasteiger partial charge in [-0.3, -0.25) is 18.6 Å². The van der Waals surface area contributed by atoms with Crippen LogP contribution in [0.3, 0.4) is 0 Å². The monoisotopic (exact) mass is 1230 g/mol. The zero-order chi connectivity index (χ0) is 62.8. The number of carbonyl (C=O) groups excluding carboxylic acids is 2. The van der Waals surface area contributed by atoms with Gasteiger partial charge in [0.15, 0.2) is 0 Å². The van der Waals surface area contributed by atoms with Crippen LogP contribution >= 0.6 is 7.82 Å². The number of amides is 1. The second-order valence-corrected chi connectivity index (χ2v) is 27.9. The molecule has 0 aromatic rings. The second-order valence-electron chi connectivity index (χ2n) is 26.5. The first kappa shape index (κ1) is 83.7. The molecule has 3 unspecified atom stereocenters. The second kappa shape index (κ2) is 65.7. The van der Waals surface area contributed by atoms with Gasteiger partial charge in [0.1, 0.15) is 19.3 Å². The third-order valence-corrected chi connectivity index (χ3v) is 17.7. The van der Waals surface area contributed by atoms with Gasteiger partial charge in [-0.15, -0.1) is 0 Å². The number of nitrogens with zero attached hydrogens (tertiary/aromatic N) is 1. The molecule has 0 aliphatic rings. The lowest BCUT2D eigenvalue weighted by molar-refractivity contribution is -0.870. The third kappa shape index (κ3) is 66.1. The van der Waals surface area contributed by atoms with Crippen molar-refractivity contribution in [3.8, 4) is 0 Å². The Morgan fingerprint density at radius 3 is 1.08 bits per heavy atom. The molecule has 0 bridgehead atoms. The van der Waals surface area contributed by atoms with E-state index in [1.54, 1.807) is 0 Å². The first-order valence-corrected chi connectivity index (χ1v) is 38.6. The maximum atomic E-state index is 13.6. The Labute approximate surface area is 534 Å². The standard InChI is InChI=1S/C76H143N2O7P/c1-7-10-13-16-19-22-25-28-30-32-34-36-38-39-41-43-45-47-49-51-54-57-60-63-66-69-76(80)85-74(67-64-61-58-55-52-27-24-21-18-15-12-9-3)73(72-84-86(81,82)83-71-70-78(4,5)6)77-75(79)68-65-62-59-56-53-50-48-46-44-42-40-37-35-33-31-29-26-23-20-17-14-11-8-2/h19,22,28,30,34,36,39,41,64,67,73-74H,7-18,20-21,23-27,29,31-33,35,37-38,40,42-63,65-66,68-72H2,1-6H3,(H-,77,79,81,82)/p+1/b22-19-,30-28-,36-34-,41-39-,67-64+. The molecule has 0 aliphatic heterocycles. The molecular formula is C76H144N2O7P+. The lowest BCUT2D eigenvalue weighted by Crippen LogP contribution is -2.47. The number of unbranched alkanes of at least 4 members (excludes halogenated alkanes) is 44. The number of phosphoric ester groups is 1. The Kier molecular flexibility index (Phi) is 63.9. The number of quaternary nitrogens is 1. The molecule has 0 spiro atoms. The number of nitrogens with one attached hydrogen (secondary N) is 1. The van der Waals surface area contributed by atoms with Crippen molar-refractivity contribution in [2.24, 2.45) is 0 Å². The fourth-order valence-corrected chi connectivity index (χ4v) is 11.7. The van der Waals surface area contributed by atoms with Crippen LogP contribution < -0.4 is 5.32 Å². The summed E-state index contributed by atoms with van der Waals surface area (Å²) in [5.74, 6) is -0.496. The summed E-state index contributed by atoms with van der Waals surface area (Å²) in [4.78, 5) is 37.9. The van der Waals surface area contributed by atoms with E-state index >= 15 is 0 Å². The van der Waals surface area contributed by atoms with Crippen LogP contribution in [0.15, 0.2) is 60.8 Å². The highest BCUT2D eigenvalue weighted by atomic mass is 31.2. The fourth-order valence-electron chi connectivity index (χ4n) is 11.0. The molecule has 0 radical (unpaired) electrons. The van der Waals surface area contributed by atoms with Crippen molar-refractivity contribution in [2.75, 3.05) is 40.9 Å². The van der Waals surface area contributed by atoms with Crippen molar-refractivity contribution < 1.29 is 37.3 Å². The van der Waals surface area contributed by atoms with Gasteiger partial charge in [-0.2, -0.15) is 0 Å². The number of likely N-dealkylation sites (N-methyl/N-ethyl adjacent to an activating group) is 1. The summed E-state index contributed by atoms with van der Waals surface area (Å²) in [6.07, 6.45) is 85.2. The van der Waals surface area contributed by atoms with Gasteiger partial charge in [0, 0.05) is 12.8 Å². The molecule has 10 heteroatoms. The van der Waals surface area contributed by atoms with E-state index in [-0.39, 0.29) is 31.5 Å². The highest BCUT2D eigenvalue weighted by Crippen LogP contribution is 2.43. The Hall–Kier alpha value is -2.29. The highest BCUT2D eigenvalue weighted by molar-refractivity contribution is 7.47. The maximum Gasteiger partial charge on any atom is 0.472 e. The predicted octanol–water partition coefficient (Wildman–Crippen LogP) is 23.7. The van der Waals surface area contributed by atoms with Gasteiger partial charge >= 0.3 is 13.8 Å². The molecule has 0 heterocycles. The van der Waals surface area contributed by atoms with Gasteiger partial charge in [0.05, 0.1) is 33.8 Å². The van der Waals surface area contributed by atoms with Gasteiger partial charge in [-0.1, -0.05) is 332 Å². The number of ether oxygens (including phenoxy) is 1. The molecule has 9 nitrogen and oxygen atoms in total. The van der Waals surface area contributed by atoms with E-state index in [1.165, 1.54) is 244 Å². The molecule has 0 fully saturated rings. The molecular weight excluding hydrogens is 1080 g/mol. The molecule has 0 saturated heterocycles. The average molecular weight is 1230 g/mol. The molecule has 504 valence electrons. The highest BCUT2D eigenvalue weighted by Gasteiger charge is 2.30. The zero-order valence-electron chi connectivity index (χ0n) is 57.8. The van der Waals surface area contributed by atoms with Gasteiger partial charge in [-0.05, 0) is 76.7 Å². The summed E-state index contributed by atoms with van der Waals surface area (Å²) < 4.78 is 30.9. The van der Waals surface area contributed by atoms with Gasteiger partial charge in [0.2, 0.25) is 5.91 Å². The molecule has 0 rings (SSSR count). The lowest BCUT2D eigenvalue weighted by Gasteiger charge is -2.27. The summed E-state index contributed by atoms with van der Waals surface area (Å²) in [7, 11) is 1.50. The van der Waals surface area contributed by atoms with Gasteiger partial charge in [-0.25, -0.2) is 4.57 Å². The van der Waals surface area contributed by atoms with Crippen LogP contribution in [0.25, 0.3) is 0 Å². The average Bonchev–Trinajstić information content (AvgIpc) is 3.65. The summed E-state index contributed by atoms with van der Waals surface area (Å²) in [5, 5.41) is 3.08. The molecule has 2 N–H and O–H groups in total. The molecule has 0 aromatic carbocycles. The number of hydrogen-bond acceptors (Lipinski definition) is 6. The van der Waals surface area contributed by atoms with Crippen molar-refractivity contribution in [1.29, 1.82) is 0 Å². The number of hydrogen-bond donors (Lipinski definition) is 2. The van der Waals surface area contributed by atoms with E-state index in [1.807, 2.05) is 33.3 Å². The predicted molar refractivity (Wildman–Crippen MR) is 374 cm³/mol. The smallest absolute Gasteiger partial charge is 0.456 e. The van der Waals surface area contributed by atoms with Crippen LogP contribution in [0, 0.1) is 0 Å². The van der Waals surface area contributed by atoms with Crippen molar-refractivity contribution in [3.63, 3.8) is 0 Å². The first-order valence-electron chi connectivity index (χ1n) is 37.1. The fraction of sp³-hybridized carbons (Fsp3) is 0.842. The van der Waals surface area contributed by atoms with E-state index in [2.05, 4.69) is 74.7 Å². The molecule has 1 amide bonds. The minimum Gasteiger partial charge on any atom is -0.456 e. The molecule has 3 atom stereocenters. The van der Waals surface area contributed by atoms with Crippen LogP contribution in [-0.4, -0.2) is 74.3 Å². The molecule has 0 saturated carbocycles. The first-order chi connectivity index (χ1) is 41.9. The molecule has 86 heavy (non-hydrogen) atoms. The van der Waals surface area contributed by atoms with Crippen LogP contribution in [-0.2, 0) is 27.9 Å². The number of esters is 1. The number of allylic oxidation sites excluding steroid dienone is 9. The molecule has 0 aliphatic carbocycles. The molecule has 0 aromatic heterocycles. The van der Waals surface area contributed by atoms with E-state index < -0.39 is 20.0 Å². The Bertz CT molecular complexity index is 1650. The SMILES string of the molecule is CCCCC/C=C\C/C=C\C/C=C\C/C=C\CCCCCCCCCCCC(=O)OC(/C=C/CCCCCCCCCCCC)C(COP(=O)(O)OCC[N+](C)(C)C)NC(=O)CCCCCCCCCCCCCCCCCCCCCCCCC. The van der Waals surface area contributed by atoms with Crippen LogP contribution in [0.1, 0.15) is 361 Å². The van der Waals surface area contributed by atoms with E-state index in [0.717, 1.165) is 83.5 Å². The van der Waals surface area contributed by atoms with Crippen LogP contribution in [0.5, 0.6) is 0 Å². The van der Waals surface area contributed by atoms with Crippen LogP contribution in [0.2, 0.25) is 0 Å². The zero-order valence-corrected chi connectivity index (χ0v) is 58.7. The van der Waals surface area contributed by atoms with E-state index in [9.17, 15) is 19.0 Å². The van der Waals surface area contributed by atoms with Crippen LogP contribution in [0.4, 0.5) is 0 Å². The normalized spacial score (nSPS) is 13.8. The van der Waals surface area contributed by atoms with Gasteiger partial charge < -0.3 is 19.4 Å². The summed E-state index contributed by atoms with van der Waals surface area (Å²) in [5.41, 5.74) is 0. The van der Waals surface area contributed by atoms with Crippen molar-refractivity contribution in [3.05, 3.63) is 60.8 Å². The Morgan fingerprint density at radius 2 is 0.709 bits per heavy atom.